The molecule has 0 amide bonds. The average Bonchev–Trinajstić information content (AvgIpc) is 2.82. The van der Waals surface area contributed by atoms with Crippen LogP contribution in [0.1, 0.15) is 6.92 Å². The summed E-state index contributed by atoms with van der Waals surface area (Å²) in [7, 11) is 0. The first-order valence-corrected chi connectivity index (χ1v) is 4.20. The minimum absolute atomic E-state index is 0. The van der Waals surface area contributed by atoms with E-state index in [0.29, 0.717) is 0 Å². The molecule has 14 heavy (non-hydrogen) atoms. The van der Waals surface area contributed by atoms with Gasteiger partial charge in [0.1, 0.15) is 5.78 Å². The predicted octanol–water partition coefficient (Wildman–Crippen LogP) is 2.00. The Bertz CT molecular complexity index is 139. The molecular formula is C12H12CoO+2. The zero-order valence-corrected chi connectivity index (χ0v) is 8.98. The normalized spacial score (nSPS) is 20.9. The molecule has 0 unspecified atom stereocenters. The molecule has 0 aromatic carbocycles. The summed E-state index contributed by atoms with van der Waals surface area (Å²) in [6.45, 7) is 1.56. The monoisotopic (exact) mass is 231 g/mol. The molecule has 1 nitrogen and oxygen atoms in total. The van der Waals surface area contributed by atoms with Gasteiger partial charge in [0.25, 0.3) is 0 Å². The second-order valence-electron chi connectivity index (χ2n) is 2.69. The van der Waals surface area contributed by atoms with Crippen LogP contribution < -0.4 is 0 Å². The van der Waals surface area contributed by atoms with Gasteiger partial charge in [-0.1, -0.05) is 0 Å². The van der Waals surface area contributed by atoms with Gasteiger partial charge in [0.2, 0.25) is 0 Å². The molecule has 0 spiro atoms. The molecule has 2 aliphatic rings. The molecule has 0 aliphatic heterocycles. The zero-order valence-electron chi connectivity index (χ0n) is 7.94. The van der Waals surface area contributed by atoms with E-state index in [2.05, 4.69) is 0 Å². The average molecular weight is 231 g/mol. The summed E-state index contributed by atoms with van der Waals surface area (Å²) in [6.07, 6.45) is 17.3. The minimum atomic E-state index is 0. The van der Waals surface area contributed by atoms with Crippen LogP contribution in [0.5, 0.6) is 0 Å². The van der Waals surface area contributed by atoms with Crippen molar-refractivity contribution in [2.24, 2.45) is 0 Å². The van der Waals surface area contributed by atoms with Gasteiger partial charge in [-0.05, 0) is 64.7 Å². The first-order valence-electron chi connectivity index (χ1n) is 4.20. The zero-order chi connectivity index (χ0) is 9.52. The van der Waals surface area contributed by atoms with E-state index in [-0.39, 0.29) is 22.6 Å². The molecular weight excluding hydrogens is 219 g/mol. The Morgan fingerprint density at radius 3 is 1.43 bits per heavy atom. The van der Waals surface area contributed by atoms with Gasteiger partial charge < -0.3 is 0 Å². The quantitative estimate of drug-likeness (QED) is 0.674. The van der Waals surface area contributed by atoms with Crippen LogP contribution >= 0.6 is 0 Å². The van der Waals surface area contributed by atoms with Crippen molar-refractivity contribution in [3.63, 3.8) is 0 Å². The summed E-state index contributed by atoms with van der Waals surface area (Å²) >= 11 is 0. The maximum atomic E-state index is 10.5. The van der Waals surface area contributed by atoms with E-state index >= 15 is 0 Å². The van der Waals surface area contributed by atoms with Crippen LogP contribution in [0.15, 0.2) is 0 Å². The first-order chi connectivity index (χ1) is 6.30. The molecule has 2 fully saturated rings. The van der Waals surface area contributed by atoms with Crippen LogP contribution in [0, 0.1) is 63.7 Å². The Balaban J connectivity index is 0.000000246. The minimum Gasteiger partial charge on any atom is -0.299 e. The standard InChI is InChI=1S/C7H7O.C5H5.Co/c1-6(8)7-4-2-3-5-7;1-2-4-5-3-1;/h2-5H,1H3;1-5H;/q;;+2. The van der Waals surface area contributed by atoms with Crippen molar-refractivity contribution in [1.29, 1.82) is 0 Å². The predicted molar refractivity (Wildman–Crippen MR) is 52.6 cm³/mol. The summed E-state index contributed by atoms with van der Waals surface area (Å²) in [5, 5.41) is 0. The van der Waals surface area contributed by atoms with E-state index in [9.17, 15) is 4.79 Å². The van der Waals surface area contributed by atoms with Gasteiger partial charge in [-0.25, -0.2) is 0 Å². The number of ketones is 1. The van der Waals surface area contributed by atoms with Crippen molar-refractivity contribution in [3.8, 4) is 0 Å². The van der Waals surface area contributed by atoms with Crippen LogP contribution in [0.25, 0.3) is 0 Å². The van der Waals surface area contributed by atoms with Gasteiger partial charge in [0.05, 0.1) is 0 Å². The van der Waals surface area contributed by atoms with E-state index in [4.69, 9.17) is 0 Å². The van der Waals surface area contributed by atoms with E-state index in [1.807, 2.05) is 57.8 Å². The Morgan fingerprint density at radius 2 is 1.21 bits per heavy atom. The van der Waals surface area contributed by atoms with E-state index in [0.717, 1.165) is 5.92 Å². The number of hydrogen-bond donors (Lipinski definition) is 0. The van der Waals surface area contributed by atoms with Crippen LogP contribution in [0.2, 0.25) is 0 Å². The summed E-state index contributed by atoms with van der Waals surface area (Å²) in [6, 6.07) is 0. The molecule has 0 bridgehead atoms. The molecule has 0 aromatic heterocycles. The molecule has 2 rings (SSSR count). The third-order valence-corrected chi connectivity index (χ3v) is 1.62. The Hall–Kier alpha value is 0.176. The van der Waals surface area contributed by atoms with E-state index < -0.39 is 0 Å². The van der Waals surface area contributed by atoms with Crippen molar-refractivity contribution in [2.45, 2.75) is 6.92 Å². The van der Waals surface area contributed by atoms with E-state index in [1.54, 1.807) is 6.92 Å². The number of hydrogen-bond acceptors (Lipinski definition) is 1. The first kappa shape index (κ1) is 14.2. The van der Waals surface area contributed by atoms with Crippen molar-refractivity contribution < 1.29 is 21.6 Å². The van der Waals surface area contributed by atoms with Crippen molar-refractivity contribution in [1.82, 2.24) is 0 Å². The number of Topliss-reactive ketones (excluding diaryl/α,β-unsaturated/α-hetero) is 1. The molecule has 2 saturated carbocycles. The second-order valence-corrected chi connectivity index (χ2v) is 2.69. The third-order valence-electron chi connectivity index (χ3n) is 1.62. The maximum absolute atomic E-state index is 10.5. The molecule has 0 heterocycles. The summed E-state index contributed by atoms with van der Waals surface area (Å²) in [5.74, 6) is 0.931. The van der Waals surface area contributed by atoms with Crippen LogP contribution in [0.3, 0.4) is 0 Å². The molecule has 73 valence electrons. The fourth-order valence-electron chi connectivity index (χ4n) is 0.929. The molecule has 0 aromatic rings. The molecule has 0 N–H and O–H groups in total. The fourth-order valence-corrected chi connectivity index (χ4v) is 0.929. The number of rotatable bonds is 1. The summed E-state index contributed by atoms with van der Waals surface area (Å²) in [4.78, 5) is 10.5. The van der Waals surface area contributed by atoms with E-state index in [1.165, 1.54) is 0 Å². The molecule has 0 saturated heterocycles. The second kappa shape index (κ2) is 8.48. The van der Waals surface area contributed by atoms with Crippen LogP contribution in [-0.2, 0) is 21.6 Å². The molecule has 2 aliphatic carbocycles. The van der Waals surface area contributed by atoms with Gasteiger partial charge in [-0.2, -0.15) is 0 Å². The molecule has 0 atom stereocenters. The Kier molecular flexibility index (Phi) is 8.59. The van der Waals surface area contributed by atoms with Crippen LogP contribution in [-0.4, -0.2) is 5.78 Å². The van der Waals surface area contributed by atoms with Gasteiger partial charge in [0, 0.05) is 5.92 Å². The van der Waals surface area contributed by atoms with Crippen LogP contribution in [0.4, 0.5) is 0 Å². The van der Waals surface area contributed by atoms with Gasteiger partial charge >= 0.3 is 16.8 Å². The smallest absolute Gasteiger partial charge is 0.299 e. The van der Waals surface area contributed by atoms with Gasteiger partial charge in [-0.15, -0.1) is 0 Å². The van der Waals surface area contributed by atoms with Crippen molar-refractivity contribution in [3.05, 3.63) is 63.7 Å². The third kappa shape index (κ3) is 5.81. The van der Waals surface area contributed by atoms with Gasteiger partial charge in [0.15, 0.2) is 0 Å². The Labute approximate surface area is 98.2 Å². The SMILES string of the molecule is CC(=O)[C]1[CH][CH][CH][CH]1.[CH]1[CH][CH][CH][CH]1.[Co+2]. The number of carbonyl (C=O) groups excluding carboxylic acids is 1. The summed E-state index contributed by atoms with van der Waals surface area (Å²) < 4.78 is 0. The summed E-state index contributed by atoms with van der Waals surface area (Å²) in [5.41, 5.74) is 0. The maximum Gasteiger partial charge on any atom is 2.00 e. The molecule has 11 radical (unpaired) electrons. The largest absolute Gasteiger partial charge is 2.00 e. The topological polar surface area (TPSA) is 17.1 Å². The Morgan fingerprint density at radius 1 is 0.857 bits per heavy atom. The number of carbonyl (C=O) groups is 1. The fraction of sp³-hybridized carbons (Fsp3) is 0.0833. The molecule has 2 heteroatoms. The van der Waals surface area contributed by atoms with Crippen molar-refractivity contribution in [2.75, 3.05) is 0 Å². The van der Waals surface area contributed by atoms with Gasteiger partial charge in [-0.3, -0.25) is 4.79 Å². The van der Waals surface area contributed by atoms with Crippen molar-refractivity contribution >= 4 is 5.78 Å².